The Labute approximate surface area is 164 Å². The predicted molar refractivity (Wildman–Crippen MR) is 99.0 cm³/mol. The Bertz CT molecular complexity index is 1130. The Balaban J connectivity index is 1.84. The molecule has 1 saturated heterocycles. The zero-order chi connectivity index (χ0) is 19.2. The molecule has 1 aliphatic heterocycles. The summed E-state index contributed by atoms with van der Waals surface area (Å²) in [5.41, 5.74) is 0.480. The molecule has 0 atom stereocenters. The van der Waals surface area contributed by atoms with Gasteiger partial charge < -0.3 is 9.15 Å². The molecule has 142 valence electrons. The first-order valence-corrected chi connectivity index (χ1v) is 10.2. The highest BCUT2D eigenvalue weighted by molar-refractivity contribution is 7.89. The Hall–Kier alpha value is -1.71. The minimum atomic E-state index is -3.86. The number of ether oxygens (including phenoxy) is 1. The number of hydrogen-bond acceptors (Lipinski definition) is 5. The second kappa shape index (κ2) is 7.03. The average molecular weight is 431 g/mol. The number of hydrogen-bond donors (Lipinski definition) is 0. The minimum absolute atomic E-state index is 0.00944. The Morgan fingerprint density at radius 1 is 1.11 bits per heavy atom. The molecule has 0 unspecified atom stereocenters. The van der Waals surface area contributed by atoms with Crippen molar-refractivity contribution in [2.24, 2.45) is 0 Å². The fourth-order valence-corrected chi connectivity index (χ4v) is 5.08. The van der Waals surface area contributed by atoms with Crippen LogP contribution in [0.3, 0.4) is 0 Å². The number of aromatic nitrogens is 1. The van der Waals surface area contributed by atoms with Crippen LogP contribution in [-0.4, -0.2) is 44.0 Å². The highest BCUT2D eigenvalue weighted by Gasteiger charge is 2.30. The number of morpholine rings is 1. The monoisotopic (exact) mass is 430 g/mol. The van der Waals surface area contributed by atoms with Gasteiger partial charge in [0.05, 0.1) is 28.8 Å². The molecule has 0 saturated carbocycles. The second-order valence-electron chi connectivity index (χ2n) is 5.89. The number of nitrogens with zero attached hydrogens (tertiary/aromatic N) is 2. The van der Waals surface area contributed by atoms with Gasteiger partial charge in [-0.25, -0.2) is 17.8 Å². The van der Waals surface area contributed by atoms with Gasteiger partial charge in [0.25, 0.3) is 0 Å². The highest BCUT2D eigenvalue weighted by atomic mass is 35.5. The fraction of sp³-hybridized carbons (Fsp3) is 0.235. The molecule has 3 aromatic rings. The number of para-hydroxylation sites is 1. The van der Waals surface area contributed by atoms with Crippen LogP contribution in [0.1, 0.15) is 0 Å². The fourth-order valence-electron chi connectivity index (χ4n) is 2.85. The van der Waals surface area contributed by atoms with E-state index in [9.17, 15) is 12.8 Å². The van der Waals surface area contributed by atoms with Gasteiger partial charge in [-0.05, 0) is 24.3 Å². The van der Waals surface area contributed by atoms with Gasteiger partial charge in [0.15, 0.2) is 11.4 Å². The normalized spacial score (nSPS) is 16.1. The molecule has 1 aliphatic rings. The topological polar surface area (TPSA) is 72.6 Å². The van der Waals surface area contributed by atoms with Crippen molar-refractivity contribution in [3.63, 3.8) is 0 Å². The van der Waals surface area contributed by atoms with Crippen LogP contribution in [0.25, 0.3) is 22.6 Å². The van der Waals surface area contributed by atoms with E-state index in [1.165, 1.54) is 28.6 Å². The number of rotatable bonds is 3. The van der Waals surface area contributed by atoms with Crippen molar-refractivity contribution < 1.29 is 22.0 Å². The first-order chi connectivity index (χ1) is 12.9. The maximum absolute atomic E-state index is 13.9. The van der Waals surface area contributed by atoms with Gasteiger partial charge in [-0.15, -0.1) is 0 Å². The lowest BCUT2D eigenvalue weighted by Crippen LogP contribution is -2.40. The summed E-state index contributed by atoms with van der Waals surface area (Å²) in [5, 5.41) is 0.130. The van der Waals surface area contributed by atoms with Crippen molar-refractivity contribution >= 4 is 44.3 Å². The van der Waals surface area contributed by atoms with Gasteiger partial charge in [0.1, 0.15) is 10.4 Å². The van der Waals surface area contributed by atoms with E-state index in [-0.39, 0.29) is 45.1 Å². The maximum atomic E-state index is 13.9. The van der Waals surface area contributed by atoms with Crippen LogP contribution in [0.15, 0.2) is 39.6 Å². The lowest BCUT2D eigenvalue weighted by molar-refractivity contribution is 0.0730. The molecular formula is C17H13Cl2FN2O4S. The summed E-state index contributed by atoms with van der Waals surface area (Å²) < 4.78 is 51.8. The smallest absolute Gasteiger partial charge is 0.244 e. The zero-order valence-electron chi connectivity index (χ0n) is 13.8. The Morgan fingerprint density at radius 3 is 2.56 bits per heavy atom. The summed E-state index contributed by atoms with van der Waals surface area (Å²) in [5.74, 6) is -0.562. The molecule has 1 aromatic heterocycles. The average Bonchev–Trinajstić information content (AvgIpc) is 3.07. The predicted octanol–water partition coefficient (Wildman–Crippen LogP) is 3.96. The van der Waals surface area contributed by atoms with Gasteiger partial charge in [-0.1, -0.05) is 29.3 Å². The SMILES string of the molecule is O=S(=O)(c1cc(-c2nc3cccc(F)c3o2)c(Cl)cc1Cl)N1CCOCC1. The van der Waals surface area contributed by atoms with Gasteiger partial charge in [0.2, 0.25) is 15.9 Å². The summed E-state index contributed by atoms with van der Waals surface area (Å²) in [6.45, 7) is 1.07. The number of sulfonamides is 1. The van der Waals surface area contributed by atoms with Crippen molar-refractivity contribution in [3.05, 3.63) is 46.2 Å². The lowest BCUT2D eigenvalue weighted by atomic mass is 10.2. The van der Waals surface area contributed by atoms with E-state index in [0.717, 1.165) is 0 Å². The molecule has 2 heterocycles. The van der Waals surface area contributed by atoms with Gasteiger partial charge in [0, 0.05) is 13.1 Å². The van der Waals surface area contributed by atoms with E-state index in [1.807, 2.05) is 0 Å². The van der Waals surface area contributed by atoms with Crippen LogP contribution in [0, 0.1) is 5.82 Å². The summed E-state index contributed by atoms with van der Waals surface area (Å²) >= 11 is 12.4. The molecule has 27 heavy (non-hydrogen) atoms. The number of halogens is 3. The van der Waals surface area contributed by atoms with Gasteiger partial charge in [-0.2, -0.15) is 4.31 Å². The third-order valence-corrected chi connectivity index (χ3v) is 6.88. The van der Waals surface area contributed by atoms with Crippen molar-refractivity contribution in [2.45, 2.75) is 4.90 Å². The highest BCUT2D eigenvalue weighted by Crippen LogP contribution is 2.37. The van der Waals surface area contributed by atoms with Crippen LogP contribution in [-0.2, 0) is 14.8 Å². The van der Waals surface area contributed by atoms with E-state index in [0.29, 0.717) is 18.7 Å². The van der Waals surface area contributed by atoms with E-state index < -0.39 is 15.8 Å². The van der Waals surface area contributed by atoms with E-state index >= 15 is 0 Å². The molecule has 10 heteroatoms. The van der Waals surface area contributed by atoms with Crippen molar-refractivity contribution in [1.29, 1.82) is 0 Å². The van der Waals surface area contributed by atoms with Gasteiger partial charge >= 0.3 is 0 Å². The van der Waals surface area contributed by atoms with E-state index in [1.54, 1.807) is 6.07 Å². The Morgan fingerprint density at radius 2 is 1.85 bits per heavy atom. The molecule has 0 spiro atoms. The van der Waals surface area contributed by atoms with Crippen molar-refractivity contribution in [1.82, 2.24) is 9.29 Å². The zero-order valence-corrected chi connectivity index (χ0v) is 16.1. The van der Waals surface area contributed by atoms with Crippen LogP contribution < -0.4 is 0 Å². The standard InChI is InChI=1S/C17H13Cl2FN2O4S/c18-11-9-12(19)15(27(23,24)22-4-6-25-7-5-22)8-10(11)17-21-14-3-1-2-13(20)16(14)26-17/h1-3,8-9H,4-7H2. The Kier molecular flexibility index (Phi) is 4.85. The first kappa shape index (κ1) is 18.6. The molecule has 0 N–H and O–H groups in total. The molecule has 0 aliphatic carbocycles. The third kappa shape index (κ3) is 3.32. The largest absolute Gasteiger partial charge is 0.433 e. The summed E-state index contributed by atoms with van der Waals surface area (Å²) in [6.07, 6.45) is 0. The molecule has 0 radical (unpaired) electrons. The van der Waals surface area contributed by atoms with Crippen LogP contribution in [0.2, 0.25) is 10.0 Å². The third-order valence-electron chi connectivity index (χ3n) is 4.21. The molecule has 4 rings (SSSR count). The van der Waals surface area contributed by atoms with Crippen molar-refractivity contribution in [2.75, 3.05) is 26.3 Å². The molecule has 0 amide bonds. The van der Waals surface area contributed by atoms with Crippen LogP contribution in [0.4, 0.5) is 4.39 Å². The van der Waals surface area contributed by atoms with E-state index in [4.69, 9.17) is 32.4 Å². The van der Waals surface area contributed by atoms with Crippen LogP contribution in [0.5, 0.6) is 0 Å². The van der Waals surface area contributed by atoms with Crippen molar-refractivity contribution in [3.8, 4) is 11.5 Å². The summed E-state index contributed by atoms with van der Waals surface area (Å²) in [6, 6.07) is 6.95. The van der Waals surface area contributed by atoms with Crippen LogP contribution >= 0.6 is 23.2 Å². The molecular weight excluding hydrogens is 418 g/mol. The van der Waals surface area contributed by atoms with E-state index in [2.05, 4.69) is 4.98 Å². The second-order valence-corrected chi connectivity index (χ2v) is 8.61. The van der Waals surface area contributed by atoms with Gasteiger partial charge in [-0.3, -0.25) is 0 Å². The molecule has 6 nitrogen and oxygen atoms in total. The molecule has 1 fully saturated rings. The number of benzene rings is 2. The molecule has 2 aromatic carbocycles. The number of oxazole rings is 1. The minimum Gasteiger partial charge on any atom is -0.433 e. The summed E-state index contributed by atoms with van der Waals surface area (Å²) in [4.78, 5) is 4.09. The molecule has 0 bridgehead atoms. The maximum Gasteiger partial charge on any atom is 0.244 e. The first-order valence-electron chi connectivity index (χ1n) is 8.00. The lowest BCUT2D eigenvalue weighted by Gasteiger charge is -2.26. The summed E-state index contributed by atoms with van der Waals surface area (Å²) in [7, 11) is -3.86. The quantitative estimate of drug-likeness (QED) is 0.628. The number of fused-ring (bicyclic) bond motifs is 1.